The van der Waals surface area contributed by atoms with Crippen molar-refractivity contribution in [3.05, 3.63) is 65.2 Å². The van der Waals surface area contributed by atoms with Gasteiger partial charge < -0.3 is 4.74 Å². The van der Waals surface area contributed by atoms with Gasteiger partial charge in [-0.1, -0.05) is 43.3 Å². The van der Waals surface area contributed by atoms with Crippen molar-refractivity contribution in [1.29, 1.82) is 0 Å². The summed E-state index contributed by atoms with van der Waals surface area (Å²) >= 11 is 0. The highest BCUT2D eigenvalue weighted by Gasteiger charge is 2.29. The monoisotopic (exact) mass is 404 g/mol. The lowest BCUT2D eigenvalue weighted by atomic mass is 10.1. The van der Waals surface area contributed by atoms with Gasteiger partial charge in [-0.3, -0.25) is 9.63 Å². The van der Waals surface area contributed by atoms with Gasteiger partial charge in [-0.05, 0) is 29.7 Å². The van der Waals surface area contributed by atoms with Gasteiger partial charge in [-0.15, -0.1) is 0 Å². The van der Waals surface area contributed by atoms with Crippen LogP contribution < -0.4 is 5.48 Å². The Balaban J connectivity index is 1.75. The van der Waals surface area contributed by atoms with Gasteiger partial charge in [0.15, 0.2) is 0 Å². The molecule has 0 saturated carbocycles. The van der Waals surface area contributed by atoms with E-state index in [1.165, 1.54) is 10.4 Å². The Hall–Kier alpha value is -2.26. The third kappa shape index (κ3) is 4.77. The Kier molecular flexibility index (Phi) is 6.79. The van der Waals surface area contributed by atoms with E-state index in [4.69, 9.17) is 9.57 Å². The maximum Gasteiger partial charge on any atom is 0.274 e. The number of nitrogens with zero attached hydrogens (tertiary/aromatic N) is 1. The van der Waals surface area contributed by atoms with Crippen molar-refractivity contribution in [2.75, 3.05) is 26.3 Å². The van der Waals surface area contributed by atoms with E-state index in [-0.39, 0.29) is 17.1 Å². The Labute approximate surface area is 165 Å². The molecule has 1 aliphatic rings. The second-order valence-corrected chi connectivity index (χ2v) is 8.30. The molecule has 1 heterocycles. The van der Waals surface area contributed by atoms with Crippen LogP contribution in [-0.2, 0) is 32.6 Å². The van der Waals surface area contributed by atoms with Crippen LogP contribution in [0.2, 0.25) is 0 Å². The molecule has 0 radical (unpaired) electrons. The maximum atomic E-state index is 13.0. The highest BCUT2D eigenvalue weighted by Crippen LogP contribution is 2.23. The zero-order valence-electron chi connectivity index (χ0n) is 15.8. The van der Waals surface area contributed by atoms with Crippen molar-refractivity contribution in [2.45, 2.75) is 24.8 Å². The number of carbonyl (C=O) groups excluding carboxylic acids is 1. The van der Waals surface area contributed by atoms with E-state index in [9.17, 15) is 13.2 Å². The van der Waals surface area contributed by atoms with Gasteiger partial charge in [-0.2, -0.15) is 4.31 Å². The minimum atomic E-state index is -3.69. The zero-order chi connectivity index (χ0) is 20.0. The van der Waals surface area contributed by atoms with Gasteiger partial charge in [0.1, 0.15) is 0 Å². The molecule has 2 aromatic rings. The molecule has 2 aromatic carbocycles. The van der Waals surface area contributed by atoms with Crippen LogP contribution in [0.1, 0.15) is 28.4 Å². The summed E-state index contributed by atoms with van der Waals surface area (Å²) in [6.45, 7) is 3.46. The molecule has 28 heavy (non-hydrogen) atoms. The molecule has 1 aliphatic heterocycles. The fourth-order valence-corrected chi connectivity index (χ4v) is 4.70. The number of ether oxygens (including phenoxy) is 1. The molecule has 7 nitrogen and oxygen atoms in total. The number of rotatable bonds is 7. The third-order valence-corrected chi connectivity index (χ3v) is 6.53. The Morgan fingerprint density at radius 2 is 1.86 bits per heavy atom. The number of hydrogen-bond acceptors (Lipinski definition) is 5. The van der Waals surface area contributed by atoms with Crippen molar-refractivity contribution < 1.29 is 22.8 Å². The number of hydroxylamine groups is 1. The highest BCUT2D eigenvalue weighted by molar-refractivity contribution is 7.89. The SMILES string of the molecule is CCc1ccc(C(=O)NOCc2ccccc2)cc1S(=O)(=O)N1CCOCC1. The standard InChI is InChI=1S/C20H24N2O5S/c1-2-17-8-9-18(20(23)21-27-15-16-6-4-3-5-7-16)14-19(17)28(24,25)22-10-12-26-13-11-22/h3-9,14H,2,10-13,15H2,1H3,(H,21,23). The van der Waals surface area contributed by atoms with E-state index >= 15 is 0 Å². The number of carbonyl (C=O) groups is 1. The van der Waals surface area contributed by atoms with E-state index in [1.54, 1.807) is 12.1 Å². The summed E-state index contributed by atoms with van der Waals surface area (Å²) in [5, 5.41) is 0. The summed E-state index contributed by atoms with van der Waals surface area (Å²) in [7, 11) is -3.69. The van der Waals surface area contributed by atoms with E-state index < -0.39 is 15.9 Å². The zero-order valence-corrected chi connectivity index (χ0v) is 16.6. The Morgan fingerprint density at radius 3 is 2.54 bits per heavy atom. The van der Waals surface area contributed by atoms with Gasteiger partial charge in [0.2, 0.25) is 10.0 Å². The van der Waals surface area contributed by atoms with E-state index in [2.05, 4.69) is 5.48 Å². The van der Waals surface area contributed by atoms with Crippen molar-refractivity contribution in [3.63, 3.8) is 0 Å². The molecule has 1 N–H and O–H groups in total. The molecule has 0 aliphatic carbocycles. The largest absolute Gasteiger partial charge is 0.379 e. The first-order chi connectivity index (χ1) is 13.5. The quantitative estimate of drug-likeness (QED) is 0.715. The molecular formula is C20H24N2O5S. The number of sulfonamides is 1. The molecule has 1 saturated heterocycles. The summed E-state index contributed by atoms with van der Waals surface area (Å²) in [6, 6.07) is 14.1. The topological polar surface area (TPSA) is 84.9 Å². The molecule has 1 amide bonds. The van der Waals surface area contributed by atoms with Crippen LogP contribution in [0, 0.1) is 0 Å². The van der Waals surface area contributed by atoms with E-state index in [0.29, 0.717) is 38.3 Å². The van der Waals surface area contributed by atoms with Gasteiger partial charge in [0.05, 0.1) is 24.7 Å². The lowest BCUT2D eigenvalue weighted by Gasteiger charge is -2.27. The highest BCUT2D eigenvalue weighted by atomic mass is 32.2. The van der Waals surface area contributed by atoms with E-state index in [0.717, 1.165) is 5.56 Å². The molecule has 8 heteroatoms. The Morgan fingerprint density at radius 1 is 1.14 bits per heavy atom. The fourth-order valence-electron chi connectivity index (χ4n) is 2.97. The Bertz CT molecular complexity index is 909. The van der Waals surface area contributed by atoms with E-state index in [1.807, 2.05) is 37.3 Å². The van der Waals surface area contributed by atoms with Crippen LogP contribution in [0.4, 0.5) is 0 Å². The smallest absolute Gasteiger partial charge is 0.274 e. The van der Waals surface area contributed by atoms with Gasteiger partial charge in [0.25, 0.3) is 5.91 Å². The molecule has 0 bridgehead atoms. The van der Waals surface area contributed by atoms with Gasteiger partial charge >= 0.3 is 0 Å². The van der Waals surface area contributed by atoms with Crippen LogP contribution in [0.3, 0.4) is 0 Å². The number of amides is 1. The van der Waals surface area contributed by atoms with Crippen molar-refractivity contribution >= 4 is 15.9 Å². The average molecular weight is 404 g/mol. The minimum absolute atomic E-state index is 0.160. The molecular weight excluding hydrogens is 380 g/mol. The maximum absolute atomic E-state index is 13.0. The summed E-state index contributed by atoms with van der Waals surface area (Å²) in [5.74, 6) is -0.489. The van der Waals surface area contributed by atoms with Crippen LogP contribution in [0.5, 0.6) is 0 Å². The minimum Gasteiger partial charge on any atom is -0.379 e. The van der Waals surface area contributed by atoms with Gasteiger partial charge in [0, 0.05) is 18.7 Å². The molecule has 0 unspecified atom stereocenters. The predicted molar refractivity (Wildman–Crippen MR) is 104 cm³/mol. The van der Waals surface area contributed by atoms with Crippen molar-refractivity contribution in [3.8, 4) is 0 Å². The summed E-state index contributed by atoms with van der Waals surface area (Å²) in [5.41, 5.74) is 4.20. The van der Waals surface area contributed by atoms with Crippen molar-refractivity contribution in [2.24, 2.45) is 0 Å². The average Bonchev–Trinajstić information content (AvgIpc) is 2.74. The molecule has 0 aromatic heterocycles. The number of aryl methyl sites for hydroxylation is 1. The van der Waals surface area contributed by atoms with Crippen LogP contribution in [0.25, 0.3) is 0 Å². The summed E-state index contributed by atoms with van der Waals surface area (Å²) in [4.78, 5) is 17.8. The third-order valence-electron chi connectivity index (χ3n) is 4.54. The lowest BCUT2D eigenvalue weighted by molar-refractivity contribution is 0.0233. The molecule has 150 valence electrons. The molecule has 1 fully saturated rings. The van der Waals surface area contributed by atoms with Crippen molar-refractivity contribution in [1.82, 2.24) is 9.79 Å². The second-order valence-electron chi connectivity index (χ2n) is 6.40. The molecule has 0 atom stereocenters. The van der Waals surface area contributed by atoms with Crippen LogP contribution in [0.15, 0.2) is 53.4 Å². The summed E-state index contributed by atoms with van der Waals surface area (Å²) in [6.07, 6.45) is 0.547. The van der Waals surface area contributed by atoms with Gasteiger partial charge in [-0.25, -0.2) is 13.9 Å². The lowest BCUT2D eigenvalue weighted by Crippen LogP contribution is -2.41. The van der Waals surface area contributed by atoms with Crippen LogP contribution >= 0.6 is 0 Å². The van der Waals surface area contributed by atoms with Crippen LogP contribution in [-0.4, -0.2) is 44.9 Å². The second kappa shape index (κ2) is 9.29. The first-order valence-corrected chi connectivity index (χ1v) is 10.6. The number of nitrogens with one attached hydrogen (secondary N) is 1. The summed E-state index contributed by atoms with van der Waals surface area (Å²) < 4.78 is 32.7. The molecule has 3 rings (SSSR count). The normalized spacial score (nSPS) is 15.3. The number of morpholine rings is 1. The first-order valence-electron chi connectivity index (χ1n) is 9.19. The number of hydrogen-bond donors (Lipinski definition) is 1. The number of benzene rings is 2. The predicted octanol–water partition coefficient (Wildman–Crippen LogP) is 2.13. The molecule has 0 spiro atoms. The fraction of sp³-hybridized carbons (Fsp3) is 0.350. The first kappa shape index (κ1) is 20.5.